The Labute approximate surface area is 115 Å². The number of aliphatic hydroxyl groups excluding tert-OH is 1. The number of rotatable bonds is 1. The van der Waals surface area contributed by atoms with Crippen LogP contribution >= 0.6 is 0 Å². The van der Waals surface area contributed by atoms with Crippen LogP contribution in [0, 0.1) is 11.7 Å². The van der Waals surface area contributed by atoms with Crippen molar-refractivity contribution in [3.63, 3.8) is 0 Å². The number of hydrogen-bond acceptors (Lipinski definition) is 3. The molecule has 5 heteroatoms. The van der Waals surface area contributed by atoms with E-state index >= 15 is 0 Å². The first-order valence-corrected chi connectivity index (χ1v) is 6.83. The van der Waals surface area contributed by atoms with Gasteiger partial charge in [-0.05, 0) is 30.2 Å². The SMILES string of the molecule is O[C@@H]1CCOCC1[C@H]1c2cc(F)ccc2-c2cncn21. The van der Waals surface area contributed by atoms with Crippen molar-refractivity contribution in [1.82, 2.24) is 9.55 Å². The summed E-state index contributed by atoms with van der Waals surface area (Å²) >= 11 is 0. The van der Waals surface area contributed by atoms with E-state index in [0.717, 1.165) is 16.8 Å². The van der Waals surface area contributed by atoms with Gasteiger partial charge in [0.1, 0.15) is 5.82 Å². The smallest absolute Gasteiger partial charge is 0.123 e. The van der Waals surface area contributed by atoms with Gasteiger partial charge in [-0.2, -0.15) is 0 Å². The number of ether oxygens (including phenoxy) is 1. The molecule has 20 heavy (non-hydrogen) atoms. The van der Waals surface area contributed by atoms with E-state index in [-0.39, 0.29) is 17.8 Å². The fourth-order valence-electron chi connectivity index (χ4n) is 3.38. The van der Waals surface area contributed by atoms with Gasteiger partial charge in [0.05, 0.1) is 37.0 Å². The van der Waals surface area contributed by atoms with Crippen molar-refractivity contribution >= 4 is 0 Å². The van der Waals surface area contributed by atoms with Crippen LogP contribution in [0.1, 0.15) is 18.0 Å². The molecule has 2 aliphatic rings. The number of hydrogen-bond donors (Lipinski definition) is 1. The molecule has 0 radical (unpaired) electrons. The fraction of sp³-hybridized carbons (Fsp3) is 0.400. The van der Waals surface area contributed by atoms with Crippen LogP contribution in [0.2, 0.25) is 0 Å². The molecule has 4 rings (SSSR count). The summed E-state index contributed by atoms with van der Waals surface area (Å²) in [4.78, 5) is 4.18. The number of halogens is 1. The van der Waals surface area contributed by atoms with Gasteiger partial charge in [-0.15, -0.1) is 0 Å². The number of aromatic nitrogens is 2. The Hall–Kier alpha value is -1.72. The monoisotopic (exact) mass is 274 g/mol. The second-order valence-electron chi connectivity index (χ2n) is 5.46. The van der Waals surface area contributed by atoms with Crippen LogP contribution in [0.3, 0.4) is 0 Å². The van der Waals surface area contributed by atoms with Gasteiger partial charge in [-0.25, -0.2) is 9.37 Å². The highest BCUT2D eigenvalue weighted by Crippen LogP contribution is 2.45. The standard InChI is InChI=1S/C15H15FN2O2/c16-9-1-2-10-11(5-9)15(18-8-17-6-13(10)18)12-7-20-4-3-14(12)19/h1-2,5-6,8,12,14-15,19H,3-4,7H2/t12?,14-,15-/m1/s1. The highest BCUT2D eigenvalue weighted by Gasteiger charge is 2.39. The molecule has 1 aromatic carbocycles. The first-order valence-electron chi connectivity index (χ1n) is 6.83. The lowest BCUT2D eigenvalue weighted by molar-refractivity contribution is -0.0481. The average molecular weight is 274 g/mol. The molecule has 0 spiro atoms. The van der Waals surface area contributed by atoms with E-state index in [9.17, 15) is 9.50 Å². The number of imidazole rings is 1. The molecule has 2 aromatic rings. The molecular weight excluding hydrogens is 259 g/mol. The third kappa shape index (κ3) is 1.63. The normalized spacial score (nSPS) is 28.2. The van der Waals surface area contributed by atoms with E-state index in [1.807, 2.05) is 4.57 Å². The summed E-state index contributed by atoms with van der Waals surface area (Å²) in [5, 5.41) is 10.3. The van der Waals surface area contributed by atoms with Gasteiger partial charge in [0.25, 0.3) is 0 Å². The molecule has 0 bridgehead atoms. The van der Waals surface area contributed by atoms with Crippen molar-refractivity contribution in [1.29, 1.82) is 0 Å². The first kappa shape index (κ1) is 12.1. The van der Waals surface area contributed by atoms with Crippen LogP contribution in [-0.2, 0) is 4.74 Å². The topological polar surface area (TPSA) is 47.3 Å². The quantitative estimate of drug-likeness (QED) is 0.865. The summed E-state index contributed by atoms with van der Waals surface area (Å²) in [7, 11) is 0. The van der Waals surface area contributed by atoms with E-state index in [2.05, 4.69) is 4.98 Å². The third-order valence-electron chi connectivity index (χ3n) is 4.34. The highest BCUT2D eigenvalue weighted by atomic mass is 19.1. The number of fused-ring (bicyclic) bond motifs is 3. The summed E-state index contributed by atoms with van der Waals surface area (Å²) in [6.07, 6.45) is 3.72. The van der Waals surface area contributed by atoms with Crippen LogP contribution < -0.4 is 0 Å². The fourth-order valence-corrected chi connectivity index (χ4v) is 3.38. The van der Waals surface area contributed by atoms with E-state index in [1.54, 1.807) is 24.7 Å². The summed E-state index contributed by atoms with van der Waals surface area (Å²) < 4.78 is 21.1. The van der Waals surface area contributed by atoms with Gasteiger partial charge in [0.15, 0.2) is 0 Å². The first-order chi connectivity index (χ1) is 9.75. The summed E-state index contributed by atoms with van der Waals surface area (Å²) in [6, 6.07) is 4.71. The molecule has 3 heterocycles. The lowest BCUT2D eigenvalue weighted by atomic mass is 9.86. The minimum atomic E-state index is -0.432. The average Bonchev–Trinajstić information content (AvgIpc) is 3.00. The molecule has 1 fully saturated rings. The van der Waals surface area contributed by atoms with Crippen LogP contribution in [0.4, 0.5) is 4.39 Å². The van der Waals surface area contributed by atoms with Gasteiger partial charge in [0, 0.05) is 18.1 Å². The Morgan fingerprint density at radius 3 is 3.15 bits per heavy atom. The van der Waals surface area contributed by atoms with Gasteiger partial charge in [-0.1, -0.05) is 0 Å². The molecule has 0 saturated carbocycles. The van der Waals surface area contributed by atoms with E-state index in [1.165, 1.54) is 6.07 Å². The molecule has 1 N–H and O–H groups in total. The largest absolute Gasteiger partial charge is 0.393 e. The Balaban J connectivity index is 1.85. The molecule has 1 saturated heterocycles. The molecule has 4 nitrogen and oxygen atoms in total. The lowest BCUT2D eigenvalue weighted by Gasteiger charge is -2.33. The Morgan fingerprint density at radius 2 is 2.30 bits per heavy atom. The summed E-state index contributed by atoms with van der Waals surface area (Å²) in [5.74, 6) is -0.321. The van der Waals surface area contributed by atoms with Gasteiger partial charge in [0.2, 0.25) is 0 Å². The zero-order valence-corrected chi connectivity index (χ0v) is 10.9. The molecular formula is C15H15FN2O2. The molecule has 0 aliphatic carbocycles. The molecule has 1 unspecified atom stereocenters. The Kier molecular flexibility index (Phi) is 2.65. The van der Waals surface area contributed by atoms with Crippen molar-refractivity contribution in [2.24, 2.45) is 5.92 Å². The van der Waals surface area contributed by atoms with Crippen molar-refractivity contribution in [2.45, 2.75) is 18.6 Å². The van der Waals surface area contributed by atoms with Gasteiger partial charge < -0.3 is 14.4 Å². The molecule has 2 aliphatic heterocycles. The molecule has 1 aromatic heterocycles. The zero-order valence-electron chi connectivity index (χ0n) is 10.9. The Morgan fingerprint density at radius 1 is 1.40 bits per heavy atom. The lowest BCUT2D eigenvalue weighted by Crippen LogP contribution is -2.37. The maximum absolute atomic E-state index is 13.6. The zero-order chi connectivity index (χ0) is 13.7. The molecule has 104 valence electrons. The number of aliphatic hydroxyl groups is 1. The van der Waals surface area contributed by atoms with Crippen molar-refractivity contribution in [3.8, 4) is 11.3 Å². The van der Waals surface area contributed by atoms with Crippen molar-refractivity contribution in [3.05, 3.63) is 42.1 Å². The van der Waals surface area contributed by atoms with Crippen LogP contribution in [0.5, 0.6) is 0 Å². The predicted molar refractivity (Wildman–Crippen MR) is 70.7 cm³/mol. The van der Waals surface area contributed by atoms with Gasteiger partial charge in [-0.3, -0.25) is 0 Å². The number of nitrogens with zero attached hydrogens (tertiary/aromatic N) is 2. The summed E-state index contributed by atoms with van der Waals surface area (Å²) in [6.45, 7) is 1.07. The van der Waals surface area contributed by atoms with E-state index in [4.69, 9.17) is 4.74 Å². The Bertz CT molecular complexity index is 655. The predicted octanol–water partition coefficient (Wildman–Crippen LogP) is 1.99. The number of benzene rings is 1. The molecule has 3 atom stereocenters. The van der Waals surface area contributed by atoms with Crippen LogP contribution in [0.15, 0.2) is 30.7 Å². The minimum absolute atomic E-state index is 0.0697. The van der Waals surface area contributed by atoms with E-state index < -0.39 is 6.10 Å². The summed E-state index contributed by atoms with van der Waals surface area (Å²) in [5.41, 5.74) is 2.88. The van der Waals surface area contributed by atoms with Gasteiger partial charge >= 0.3 is 0 Å². The molecule has 0 amide bonds. The third-order valence-corrected chi connectivity index (χ3v) is 4.34. The highest BCUT2D eigenvalue weighted by molar-refractivity contribution is 5.69. The van der Waals surface area contributed by atoms with Crippen LogP contribution in [-0.4, -0.2) is 34.0 Å². The maximum atomic E-state index is 13.6. The van der Waals surface area contributed by atoms with Crippen molar-refractivity contribution < 1.29 is 14.2 Å². The second kappa shape index (κ2) is 4.40. The minimum Gasteiger partial charge on any atom is -0.393 e. The second-order valence-corrected chi connectivity index (χ2v) is 5.46. The van der Waals surface area contributed by atoms with E-state index in [0.29, 0.717) is 19.6 Å². The van der Waals surface area contributed by atoms with Crippen LogP contribution in [0.25, 0.3) is 11.3 Å². The maximum Gasteiger partial charge on any atom is 0.123 e. The van der Waals surface area contributed by atoms with Crippen molar-refractivity contribution in [2.75, 3.05) is 13.2 Å².